The lowest BCUT2D eigenvalue weighted by atomic mass is 10.3. The molecule has 2 rings (SSSR count). The fourth-order valence-corrected chi connectivity index (χ4v) is 1.37. The van der Waals surface area contributed by atoms with Gasteiger partial charge in [0, 0.05) is 31.6 Å². The van der Waals surface area contributed by atoms with Crippen LogP contribution in [-0.2, 0) is 6.42 Å². The average molecular weight is 202 g/mol. The van der Waals surface area contributed by atoms with Gasteiger partial charge in [-0.2, -0.15) is 0 Å². The monoisotopic (exact) mass is 202 g/mol. The molecule has 0 aliphatic carbocycles. The van der Waals surface area contributed by atoms with E-state index in [1.807, 2.05) is 24.4 Å². The molecule has 2 N–H and O–H groups in total. The van der Waals surface area contributed by atoms with Crippen LogP contribution in [0.1, 0.15) is 12.2 Å². The van der Waals surface area contributed by atoms with Crippen LogP contribution in [0.2, 0.25) is 0 Å². The SMILES string of the molecule is c1ccc(NCCCc2ncc[nH]2)nc1. The molecular formula is C11H14N4. The summed E-state index contributed by atoms with van der Waals surface area (Å²) in [6, 6.07) is 5.85. The minimum Gasteiger partial charge on any atom is -0.370 e. The van der Waals surface area contributed by atoms with Gasteiger partial charge in [0.1, 0.15) is 11.6 Å². The summed E-state index contributed by atoms with van der Waals surface area (Å²) in [5.41, 5.74) is 0. The Morgan fingerprint density at radius 2 is 2.20 bits per heavy atom. The molecule has 2 heterocycles. The van der Waals surface area contributed by atoms with E-state index < -0.39 is 0 Å². The fourth-order valence-electron chi connectivity index (χ4n) is 1.37. The lowest BCUT2D eigenvalue weighted by Crippen LogP contribution is -2.04. The highest BCUT2D eigenvalue weighted by molar-refractivity contribution is 5.32. The van der Waals surface area contributed by atoms with Crippen molar-refractivity contribution in [3.05, 3.63) is 42.6 Å². The summed E-state index contributed by atoms with van der Waals surface area (Å²) in [6.07, 6.45) is 7.43. The first kappa shape index (κ1) is 9.71. The van der Waals surface area contributed by atoms with Crippen molar-refractivity contribution in [2.45, 2.75) is 12.8 Å². The summed E-state index contributed by atoms with van der Waals surface area (Å²) in [7, 11) is 0. The zero-order chi connectivity index (χ0) is 10.3. The van der Waals surface area contributed by atoms with Crippen LogP contribution in [0, 0.1) is 0 Å². The van der Waals surface area contributed by atoms with Gasteiger partial charge < -0.3 is 10.3 Å². The van der Waals surface area contributed by atoms with Gasteiger partial charge in [-0.3, -0.25) is 0 Å². The highest BCUT2D eigenvalue weighted by Crippen LogP contribution is 2.00. The van der Waals surface area contributed by atoms with Gasteiger partial charge in [0.05, 0.1) is 0 Å². The standard InChI is InChI=1S/C11H14N4/c1-2-6-12-10(4-1)13-7-3-5-11-14-8-9-15-11/h1-2,4,6,8-9H,3,5,7H2,(H,12,13)(H,14,15). The third-order valence-corrected chi connectivity index (χ3v) is 2.12. The van der Waals surface area contributed by atoms with Crippen molar-refractivity contribution in [1.29, 1.82) is 0 Å². The number of hydrogen-bond acceptors (Lipinski definition) is 3. The number of nitrogens with one attached hydrogen (secondary N) is 2. The van der Waals surface area contributed by atoms with E-state index in [1.54, 1.807) is 12.4 Å². The molecule has 2 aromatic rings. The van der Waals surface area contributed by atoms with Gasteiger partial charge in [0.2, 0.25) is 0 Å². The smallest absolute Gasteiger partial charge is 0.125 e. The van der Waals surface area contributed by atoms with Gasteiger partial charge in [-0.1, -0.05) is 6.07 Å². The van der Waals surface area contributed by atoms with Crippen LogP contribution in [0.25, 0.3) is 0 Å². The van der Waals surface area contributed by atoms with Crippen molar-refractivity contribution in [2.75, 3.05) is 11.9 Å². The van der Waals surface area contributed by atoms with Gasteiger partial charge in [0.15, 0.2) is 0 Å². The van der Waals surface area contributed by atoms with E-state index in [2.05, 4.69) is 20.3 Å². The molecule has 4 nitrogen and oxygen atoms in total. The van der Waals surface area contributed by atoms with E-state index in [0.29, 0.717) is 0 Å². The maximum absolute atomic E-state index is 4.18. The predicted molar refractivity (Wildman–Crippen MR) is 59.6 cm³/mol. The van der Waals surface area contributed by atoms with Crippen LogP contribution in [0.15, 0.2) is 36.8 Å². The molecule has 0 saturated carbocycles. The van der Waals surface area contributed by atoms with Gasteiger partial charge in [-0.15, -0.1) is 0 Å². The zero-order valence-electron chi connectivity index (χ0n) is 8.48. The predicted octanol–water partition coefficient (Wildman–Crippen LogP) is 1.85. The summed E-state index contributed by atoms with van der Waals surface area (Å²) < 4.78 is 0. The minimum absolute atomic E-state index is 0.914. The van der Waals surface area contributed by atoms with E-state index >= 15 is 0 Å². The largest absolute Gasteiger partial charge is 0.370 e. The highest BCUT2D eigenvalue weighted by atomic mass is 15.0. The number of H-pyrrole nitrogens is 1. The van der Waals surface area contributed by atoms with Crippen LogP contribution in [0.5, 0.6) is 0 Å². The van der Waals surface area contributed by atoms with E-state index in [9.17, 15) is 0 Å². The maximum atomic E-state index is 4.18. The molecule has 0 aliphatic rings. The molecule has 0 saturated heterocycles. The fraction of sp³-hybridized carbons (Fsp3) is 0.273. The average Bonchev–Trinajstić information content (AvgIpc) is 2.79. The Labute approximate surface area is 88.8 Å². The number of imidazole rings is 1. The Balaban J connectivity index is 1.68. The highest BCUT2D eigenvalue weighted by Gasteiger charge is 1.95. The lowest BCUT2D eigenvalue weighted by Gasteiger charge is -2.03. The molecule has 0 unspecified atom stereocenters. The molecule has 15 heavy (non-hydrogen) atoms. The quantitative estimate of drug-likeness (QED) is 0.727. The minimum atomic E-state index is 0.914. The number of pyridine rings is 1. The topological polar surface area (TPSA) is 53.6 Å². The van der Waals surface area contributed by atoms with Gasteiger partial charge >= 0.3 is 0 Å². The molecule has 0 aliphatic heterocycles. The Hall–Kier alpha value is -1.84. The van der Waals surface area contributed by atoms with Gasteiger partial charge in [-0.25, -0.2) is 9.97 Å². The van der Waals surface area contributed by atoms with Crippen molar-refractivity contribution in [3.8, 4) is 0 Å². The Bertz CT molecular complexity index is 369. The number of anilines is 1. The Morgan fingerprint density at radius 1 is 1.20 bits per heavy atom. The van der Waals surface area contributed by atoms with Gasteiger partial charge in [0.25, 0.3) is 0 Å². The van der Waals surface area contributed by atoms with Crippen molar-refractivity contribution < 1.29 is 0 Å². The van der Waals surface area contributed by atoms with E-state index in [0.717, 1.165) is 31.0 Å². The third kappa shape index (κ3) is 3.09. The van der Waals surface area contributed by atoms with Crippen molar-refractivity contribution in [1.82, 2.24) is 15.0 Å². The Morgan fingerprint density at radius 3 is 2.93 bits per heavy atom. The first-order valence-electron chi connectivity index (χ1n) is 5.08. The maximum Gasteiger partial charge on any atom is 0.125 e. The van der Waals surface area contributed by atoms with Crippen molar-refractivity contribution in [2.24, 2.45) is 0 Å². The normalized spacial score (nSPS) is 10.1. The number of aromatic nitrogens is 3. The van der Waals surface area contributed by atoms with Crippen LogP contribution in [-0.4, -0.2) is 21.5 Å². The molecule has 0 bridgehead atoms. The first-order valence-corrected chi connectivity index (χ1v) is 5.08. The van der Waals surface area contributed by atoms with E-state index in [1.165, 1.54) is 0 Å². The molecule has 0 spiro atoms. The second kappa shape index (κ2) is 5.14. The molecular weight excluding hydrogens is 188 g/mol. The molecule has 2 aromatic heterocycles. The van der Waals surface area contributed by atoms with Crippen LogP contribution < -0.4 is 5.32 Å². The summed E-state index contributed by atoms with van der Waals surface area (Å²) in [5.74, 6) is 1.97. The molecule has 78 valence electrons. The van der Waals surface area contributed by atoms with E-state index in [4.69, 9.17) is 0 Å². The first-order chi connectivity index (χ1) is 7.45. The van der Waals surface area contributed by atoms with E-state index in [-0.39, 0.29) is 0 Å². The van der Waals surface area contributed by atoms with Crippen LogP contribution in [0.3, 0.4) is 0 Å². The lowest BCUT2D eigenvalue weighted by molar-refractivity contribution is 0.814. The number of nitrogens with zero attached hydrogens (tertiary/aromatic N) is 2. The number of aromatic amines is 1. The molecule has 0 amide bonds. The summed E-state index contributed by atoms with van der Waals surface area (Å²) >= 11 is 0. The Kier molecular flexibility index (Phi) is 3.33. The molecule has 4 heteroatoms. The summed E-state index contributed by atoms with van der Waals surface area (Å²) in [5, 5.41) is 3.25. The summed E-state index contributed by atoms with van der Waals surface area (Å²) in [4.78, 5) is 11.4. The molecule has 0 fully saturated rings. The second-order valence-corrected chi connectivity index (χ2v) is 3.28. The second-order valence-electron chi connectivity index (χ2n) is 3.28. The molecule has 0 atom stereocenters. The van der Waals surface area contributed by atoms with Crippen molar-refractivity contribution in [3.63, 3.8) is 0 Å². The number of rotatable bonds is 5. The van der Waals surface area contributed by atoms with Crippen LogP contribution >= 0.6 is 0 Å². The number of aryl methyl sites for hydroxylation is 1. The summed E-state index contributed by atoms with van der Waals surface area (Å²) in [6.45, 7) is 0.914. The van der Waals surface area contributed by atoms with Crippen LogP contribution in [0.4, 0.5) is 5.82 Å². The number of hydrogen-bond donors (Lipinski definition) is 2. The molecule has 0 radical (unpaired) electrons. The zero-order valence-corrected chi connectivity index (χ0v) is 8.48. The van der Waals surface area contributed by atoms with Gasteiger partial charge in [-0.05, 0) is 18.6 Å². The molecule has 0 aromatic carbocycles. The third-order valence-electron chi connectivity index (χ3n) is 2.12. The van der Waals surface area contributed by atoms with Crippen molar-refractivity contribution >= 4 is 5.82 Å².